The summed E-state index contributed by atoms with van der Waals surface area (Å²) in [6.07, 6.45) is 3.02. The second kappa shape index (κ2) is 10.9. The fourth-order valence-electron chi connectivity index (χ4n) is 3.77. The minimum absolute atomic E-state index is 0.0615. The van der Waals surface area contributed by atoms with E-state index in [2.05, 4.69) is 36.0 Å². The fraction of sp³-hybridized carbons (Fsp3) is 0.115. The molecule has 1 N–H and O–H groups in total. The molecule has 0 spiro atoms. The maximum atomic E-state index is 13.3. The highest BCUT2D eigenvalue weighted by atomic mass is 79.9. The Morgan fingerprint density at radius 3 is 2.44 bits per heavy atom. The van der Waals surface area contributed by atoms with Crippen molar-refractivity contribution < 1.29 is 13.2 Å². The van der Waals surface area contributed by atoms with Gasteiger partial charge in [0, 0.05) is 27.6 Å². The molecular formula is C26H24BrN5O3S. The number of rotatable bonds is 8. The first kappa shape index (κ1) is 25.3. The number of aromatic nitrogens is 2. The number of hydrazone groups is 1. The Balaban J connectivity index is 1.54. The van der Waals surface area contributed by atoms with E-state index in [4.69, 9.17) is 0 Å². The van der Waals surface area contributed by atoms with Crippen molar-refractivity contribution in [2.75, 3.05) is 10.8 Å². The maximum Gasteiger partial charge on any atom is 0.265 e. The van der Waals surface area contributed by atoms with Crippen molar-refractivity contribution >= 4 is 43.9 Å². The van der Waals surface area contributed by atoms with Crippen molar-refractivity contribution in [2.45, 2.75) is 18.7 Å². The summed E-state index contributed by atoms with van der Waals surface area (Å²) in [5, 5.41) is 4.08. The van der Waals surface area contributed by atoms with Crippen LogP contribution >= 0.6 is 15.9 Å². The molecule has 0 unspecified atom stereocenters. The van der Waals surface area contributed by atoms with Crippen molar-refractivity contribution in [3.8, 4) is 5.69 Å². The van der Waals surface area contributed by atoms with E-state index in [1.807, 2.05) is 44.2 Å². The zero-order valence-corrected chi connectivity index (χ0v) is 22.1. The number of hydrogen-bond donors (Lipinski definition) is 1. The summed E-state index contributed by atoms with van der Waals surface area (Å²) < 4.78 is 30.5. The molecule has 0 saturated carbocycles. The standard InChI is InChI=1S/C26H24BrN5O3S/c1-19-16-21(20(2)32(19)24-13-7-6-12-23(24)27)17-29-30-26(33)18-31(25-14-8-9-15-28-25)36(34,35)22-10-4-3-5-11-22/h3-17H,18H2,1-2H3,(H,30,33)/b29-17-. The van der Waals surface area contributed by atoms with E-state index < -0.39 is 22.5 Å². The van der Waals surface area contributed by atoms with Crippen molar-refractivity contribution in [1.82, 2.24) is 15.0 Å². The topological polar surface area (TPSA) is 96.7 Å². The number of carbonyl (C=O) groups is 1. The number of benzene rings is 2. The number of amides is 1. The highest BCUT2D eigenvalue weighted by molar-refractivity contribution is 9.10. The molecule has 0 aliphatic rings. The summed E-state index contributed by atoms with van der Waals surface area (Å²) in [6.45, 7) is 3.47. The molecule has 4 rings (SSSR count). The van der Waals surface area contributed by atoms with Gasteiger partial charge >= 0.3 is 0 Å². The molecule has 0 aliphatic carbocycles. The molecule has 36 heavy (non-hydrogen) atoms. The molecule has 184 valence electrons. The van der Waals surface area contributed by atoms with Gasteiger partial charge in [0.2, 0.25) is 0 Å². The molecule has 0 radical (unpaired) electrons. The predicted molar refractivity (Wildman–Crippen MR) is 144 cm³/mol. The number of nitrogens with one attached hydrogen (secondary N) is 1. The molecule has 4 aromatic rings. The molecule has 10 heteroatoms. The molecule has 2 aromatic heterocycles. The third-order valence-corrected chi connectivity index (χ3v) is 7.91. The first-order valence-corrected chi connectivity index (χ1v) is 13.3. The van der Waals surface area contributed by atoms with Gasteiger partial charge in [0.25, 0.3) is 15.9 Å². The van der Waals surface area contributed by atoms with Gasteiger partial charge in [-0.3, -0.25) is 4.79 Å². The van der Waals surface area contributed by atoms with Gasteiger partial charge in [-0.05, 0) is 72.2 Å². The zero-order chi connectivity index (χ0) is 25.7. The number of halogens is 1. The second-order valence-electron chi connectivity index (χ2n) is 7.92. The molecule has 1 amide bonds. The second-order valence-corrected chi connectivity index (χ2v) is 10.6. The molecular weight excluding hydrogens is 542 g/mol. The smallest absolute Gasteiger partial charge is 0.265 e. The van der Waals surface area contributed by atoms with E-state index in [-0.39, 0.29) is 10.7 Å². The Morgan fingerprint density at radius 1 is 1.06 bits per heavy atom. The van der Waals surface area contributed by atoms with Crippen molar-refractivity contribution in [3.63, 3.8) is 0 Å². The highest BCUT2D eigenvalue weighted by Crippen LogP contribution is 2.26. The summed E-state index contributed by atoms with van der Waals surface area (Å²) in [6, 6.07) is 22.6. The third-order valence-electron chi connectivity index (χ3n) is 5.48. The first-order chi connectivity index (χ1) is 17.3. The number of para-hydroxylation sites is 1. The molecule has 0 bridgehead atoms. The molecule has 2 aromatic carbocycles. The van der Waals surface area contributed by atoms with Crippen LogP contribution in [-0.4, -0.2) is 36.6 Å². The summed E-state index contributed by atoms with van der Waals surface area (Å²) >= 11 is 3.59. The number of carbonyl (C=O) groups excluding carboxylic acids is 1. The summed E-state index contributed by atoms with van der Waals surface area (Å²) in [5.41, 5.74) is 6.20. The number of nitrogens with zero attached hydrogens (tertiary/aromatic N) is 4. The van der Waals surface area contributed by atoms with Crippen LogP contribution in [0.15, 0.2) is 99.5 Å². The fourth-order valence-corrected chi connectivity index (χ4v) is 5.63. The molecule has 0 aliphatic heterocycles. The molecule has 0 saturated heterocycles. The van der Waals surface area contributed by atoms with Gasteiger partial charge in [0.1, 0.15) is 12.4 Å². The van der Waals surface area contributed by atoms with Gasteiger partial charge in [0.15, 0.2) is 0 Å². The summed E-state index contributed by atoms with van der Waals surface area (Å²) in [7, 11) is -4.02. The molecule has 0 fully saturated rings. The number of pyridine rings is 1. The average molecular weight is 566 g/mol. The van der Waals surface area contributed by atoms with Crippen molar-refractivity contribution in [3.05, 3.63) is 106 Å². The van der Waals surface area contributed by atoms with Gasteiger partial charge in [-0.2, -0.15) is 5.10 Å². The van der Waals surface area contributed by atoms with E-state index >= 15 is 0 Å². The van der Waals surface area contributed by atoms with E-state index in [9.17, 15) is 13.2 Å². The van der Waals surface area contributed by atoms with Crippen LogP contribution in [-0.2, 0) is 14.8 Å². The number of hydrogen-bond acceptors (Lipinski definition) is 5. The number of sulfonamides is 1. The average Bonchev–Trinajstić information content (AvgIpc) is 3.16. The van der Waals surface area contributed by atoms with Crippen LogP contribution in [0.4, 0.5) is 5.82 Å². The summed E-state index contributed by atoms with van der Waals surface area (Å²) in [5.74, 6) is -0.464. The SMILES string of the molecule is Cc1cc(/C=N\NC(=O)CN(c2ccccn2)S(=O)(=O)c2ccccc2)c(C)n1-c1ccccc1Br. The monoisotopic (exact) mass is 565 g/mol. The van der Waals surface area contributed by atoms with Crippen LogP contribution in [0.25, 0.3) is 5.69 Å². The van der Waals surface area contributed by atoms with Crippen LogP contribution in [0.2, 0.25) is 0 Å². The van der Waals surface area contributed by atoms with Gasteiger partial charge in [0.05, 0.1) is 16.8 Å². The van der Waals surface area contributed by atoms with E-state index in [1.54, 1.807) is 36.5 Å². The van der Waals surface area contributed by atoms with Crippen LogP contribution in [0, 0.1) is 13.8 Å². The maximum absolute atomic E-state index is 13.3. The van der Waals surface area contributed by atoms with Gasteiger partial charge in [-0.15, -0.1) is 0 Å². The van der Waals surface area contributed by atoms with Gasteiger partial charge in [-0.1, -0.05) is 36.4 Å². The van der Waals surface area contributed by atoms with Crippen molar-refractivity contribution in [2.24, 2.45) is 5.10 Å². The quantitative estimate of drug-likeness (QED) is 0.249. The Hall–Kier alpha value is -3.76. The number of aryl methyl sites for hydroxylation is 1. The minimum atomic E-state index is -4.02. The normalized spacial score (nSPS) is 11.5. The molecule has 0 atom stereocenters. The lowest BCUT2D eigenvalue weighted by Gasteiger charge is -2.22. The van der Waals surface area contributed by atoms with Crippen LogP contribution < -0.4 is 9.73 Å². The van der Waals surface area contributed by atoms with E-state index in [1.165, 1.54) is 24.4 Å². The molecule has 2 heterocycles. The third kappa shape index (κ3) is 5.39. The molecule has 8 nitrogen and oxygen atoms in total. The van der Waals surface area contributed by atoms with Gasteiger partial charge in [-0.25, -0.2) is 23.1 Å². The lowest BCUT2D eigenvalue weighted by Crippen LogP contribution is -2.40. The summed E-state index contributed by atoms with van der Waals surface area (Å²) in [4.78, 5) is 16.9. The van der Waals surface area contributed by atoms with Crippen LogP contribution in [0.1, 0.15) is 17.0 Å². The van der Waals surface area contributed by atoms with Crippen LogP contribution in [0.3, 0.4) is 0 Å². The van der Waals surface area contributed by atoms with Crippen LogP contribution in [0.5, 0.6) is 0 Å². The van der Waals surface area contributed by atoms with Crippen molar-refractivity contribution in [1.29, 1.82) is 0 Å². The zero-order valence-electron chi connectivity index (χ0n) is 19.7. The Morgan fingerprint density at radius 2 is 1.75 bits per heavy atom. The lowest BCUT2D eigenvalue weighted by molar-refractivity contribution is -0.119. The largest absolute Gasteiger partial charge is 0.317 e. The Labute approximate surface area is 218 Å². The predicted octanol–water partition coefficient (Wildman–Crippen LogP) is 4.60. The minimum Gasteiger partial charge on any atom is -0.317 e. The lowest BCUT2D eigenvalue weighted by atomic mass is 10.2. The Kier molecular flexibility index (Phi) is 7.66. The first-order valence-electron chi connectivity index (χ1n) is 11.0. The Bertz CT molecular complexity index is 1500. The van der Waals surface area contributed by atoms with Gasteiger partial charge < -0.3 is 4.57 Å². The van der Waals surface area contributed by atoms with E-state index in [0.29, 0.717) is 0 Å². The highest BCUT2D eigenvalue weighted by Gasteiger charge is 2.27. The van der Waals surface area contributed by atoms with E-state index in [0.717, 1.165) is 31.4 Å². The number of anilines is 1.